The quantitative estimate of drug-likeness (QED) is 0.439. The second-order valence-corrected chi connectivity index (χ2v) is 4.32. The molecule has 1 heteroatoms. The van der Waals surface area contributed by atoms with E-state index in [1.165, 1.54) is 6.42 Å². The molecule has 0 fully saturated rings. The molecule has 0 bridgehead atoms. The Bertz CT molecular complexity index is 107. The molecule has 3 atom stereocenters. The van der Waals surface area contributed by atoms with Crippen molar-refractivity contribution in [2.75, 3.05) is 0 Å². The van der Waals surface area contributed by atoms with Gasteiger partial charge >= 0.3 is 0 Å². The molecule has 66 valence electrons. The zero-order chi connectivity index (χ0) is 8.85. The monoisotopic (exact) mass is 174 g/mol. The summed E-state index contributed by atoms with van der Waals surface area (Å²) in [4.78, 5) is 0. The highest BCUT2D eigenvalue weighted by Crippen LogP contribution is 2.19. The van der Waals surface area contributed by atoms with Gasteiger partial charge < -0.3 is 0 Å². The maximum Gasteiger partial charge on any atom is 0.0310 e. The van der Waals surface area contributed by atoms with Crippen LogP contribution in [0.2, 0.25) is 0 Å². The largest absolute Gasteiger partial charge is 0.123 e. The Labute approximate surface area is 75.6 Å². The van der Waals surface area contributed by atoms with Gasteiger partial charge in [0.05, 0.1) is 0 Å². The summed E-state index contributed by atoms with van der Waals surface area (Å²) in [6, 6.07) is 0. The van der Waals surface area contributed by atoms with Crippen LogP contribution in [0.15, 0.2) is 12.7 Å². The molecule has 0 aliphatic rings. The van der Waals surface area contributed by atoms with E-state index in [0.29, 0.717) is 11.3 Å². The lowest BCUT2D eigenvalue weighted by atomic mass is 9.94. The molecule has 0 saturated carbocycles. The Morgan fingerprint density at radius 2 is 1.82 bits per heavy atom. The molecule has 0 aliphatic carbocycles. The van der Waals surface area contributed by atoms with Gasteiger partial charge in [-0.25, -0.2) is 0 Å². The summed E-state index contributed by atoms with van der Waals surface area (Å²) < 4.78 is 0. The van der Waals surface area contributed by atoms with Crippen LogP contribution in [-0.4, -0.2) is 5.38 Å². The number of alkyl halides is 1. The first kappa shape index (κ1) is 11.0. The van der Waals surface area contributed by atoms with Gasteiger partial charge in [-0.1, -0.05) is 19.9 Å². The van der Waals surface area contributed by atoms with Crippen LogP contribution in [0.5, 0.6) is 0 Å². The molecule has 3 unspecified atom stereocenters. The normalized spacial score (nSPS) is 18.9. The molecular weight excluding hydrogens is 156 g/mol. The molecule has 0 heterocycles. The van der Waals surface area contributed by atoms with Gasteiger partial charge in [0, 0.05) is 5.38 Å². The Balaban J connectivity index is 3.51. The third-order valence-corrected chi connectivity index (χ3v) is 2.08. The minimum Gasteiger partial charge on any atom is -0.123 e. The molecule has 0 amide bonds. The van der Waals surface area contributed by atoms with Crippen LogP contribution in [0, 0.1) is 11.8 Å². The number of allylic oxidation sites excluding steroid dienone is 1. The van der Waals surface area contributed by atoms with E-state index < -0.39 is 0 Å². The molecule has 0 aliphatic heterocycles. The molecule has 0 radical (unpaired) electrons. The van der Waals surface area contributed by atoms with Crippen LogP contribution in [0.25, 0.3) is 0 Å². The van der Waals surface area contributed by atoms with Gasteiger partial charge in [0.15, 0.2) is 0 Å². The highest BCUT2D eigenvalue weighted by molar-refractivity contribution is 6.20. The van der Waals surface area contributed by atoms with E-state index in [0.717, 1.165) is 12.3 Å². The van der Waals surface area contributed by atoms with Gasteiger partial charge in [-0.05, 0) is 31.6 Å². The third kappa shape index (κ3) is 6.43. The van der Waals surface area contributed by atoms with E-state index in [1.807, 2.05) is 6.08 Å². The van der Waals surface area contributed by atoms with E-state index in [9.17, 15) is 0 Å². The summed E-state index contributed by atoms with van der Waals surface area (Å²) in [6.45, 7) is 10.3. The molecule has 11 heavy (non-hydrogen) atoms. The first-order valence-corrected chi connectivity index (χ1v) is 4.76. The Kier molecular flexibility index (Phi) is 5.67. The average Bonchev–Trinajstić information content (AvgIpc) is 1.85. The van der Waals surface area contributed by atoms with Crippen molar-refractivity contribution in [2.45, 2.75) is 39.0 Å². The van der Waals surface area contributed by atoms with Crippen LogP contribution in [0.4, 0.5) is 0 Å². The summed E-state index contributed by atoms with van der Waals surface area (Å²) in [6.07, 6.45) is 4.33. The zero-order valence-electron chi connectivity index (χ0n) is 7.81. The van der Waals surface area contributed by atoms with Crippen LogP contribution in [0.3, 0.4) is 0 Å². The maximum absolute atomic E-state index is 5.87. The van der Waals surface area contributed by atoms with Crippen molar-refractivity contribution in [3.8, 4) is 0 Å². The van der Waals surface area contributed by atoms with E-state index in [-0.39, 0.29) is 0 Å². The molecule has 0 saturated heterocycles. The molecule has 0 aromatic heterocycles. The topological polar surface area (TPSA) is 0 Å². The number of rotatable bonds is 5. The fourth-order valence-corrected chi connectivity index (χ4v) is 1.69. The lowest BCUT2D eigenvalue weighted by Gasteiger charge is -2.15. The minimum absolute atomic E-state index is 0.307. The van der Waals surface area contributed by atoms with Gasteiger partial charge in [0.25, 0.3) is 0 Å². The van der Waals surface area contributed by atoms with Gasteiger partial charge in [0.1, 0.15) is 0 Å². The standard InChI is InChI=1S/C10H19Cl/c1-5-8(2)6-9(3)7-10(4)11/h5,8-10H,1,6-7H2,2-4H3. The van der Waals surface area contributed by atoms with Crippen molar-refractivity contribution >= 4 is 11.6 Å². The average molecular weight is 175 g/mol. The van der Waals surface area contributed by atoms with Gasteiger partial charge in [0.2, 0.25) is 0 Å². The number of hydrogen-bond donors (Lipinski definition) is 0. The molecule has 0 N–H and O–H groups in total. The van der Waals surface area contributed by atoms with E-state index in [4.69, 9.17) is 11.6 Å². The van der Waals surface area contributed by atoms with Crippen LogP contribution in [-0.2, 0) is 0 Å². The highest BCUT2D eigenvalue weighted by Gasteiger charge is 2.08. The predicted molar refractivity (Wildman–Crippen MR) is 53.1 cm³/mol. The summed E-state index contributed by atoms with van der Waals surface area (Å²) in [5.74, 6) is 1.34. The minimum atomic E-state index is 0.307. The highest BCUT2D eigenvalue weighted by atomic mass is 35.5. The van der Waals surface area contributed by atoms with Crippen molar-refractivity contribution in [1.29, 1.82) is 0 Å². The fourth-order valence-electron chi connectivity index (χ4n) is 1.38. The maximum atomic E-state index is 5.87. The van der Waals surface area contributed by atoms with Gasteiger partial charge in [-0.2, -0.15) is 0 Å². The first-order valence-electron chi connectivity index (χ1n) is 4.32. The summed E-state index contributed by atoms with van der Waals surface area (Å²) in [5, 5.41) is 0.307. The van der Waals surface area contributed by atoms with Crippen molar-refractivity contribution in [3.63, 3.8) is 0 Å². The third-order valence-electron chi connectivity index (χ3n) is 1.90. The fraction of sp³-hybridized carbons (Fsp3) is 0.800. The summed E-state index contributed by atoms with van der Waals surface area (Å²) in [7, 11) is 0. The van der Waals surface area contributed by atoms with E-state index >= 15 is 0 Å². The molecule has 0 aromatic carbocycles. The van der Waals surface area contributed by atoms with Gasteiger partial charge in [-0.15, -0.1) is 18.2 Å². The number of halogens is 1. The number of hydrogen-bond acceptors (Lipinski definition) is 0. The van der Waals surface area contributed by atoms with Crippen molar-refractivity contribution in [1.82, 2.24) is 0 Å². The van der Waals surface area contributed by atoms with E-state index in [2.05, 4.69) is 27.4 Å². The van der Waals surface area contributed by atoms with Crippen LogP contribution < -0.4 is 0 Å². The van der Waals surface area contributed by atoms with E-state index in [1.54, 1.807) is 0 Å². The van der Waals surface area contributed by atoms with Crippen molar-refractivity contribution < 1.29 is 0 Å². The van der Waals surface area contributed by atoms with Crippen LogP contribution in [0.1, 0.15) is 33.6 Å². The molecule has 0 rings (SSSR count). The first-order chi connectivity index (χ1) is 5.06. The molecule has 0 spiro atoms. The lowest BCUT2D eigenvalue weighted by Crippen LogP contribution is -2.05. The zero-order valence-corrected chi connectivity index (χ0v) is 8.56. The Morgan fingerprint density at radius 3 is 2.18 bits per heavy atom. The summed E-state index contributed by atoms with van der Waals surface area (Å²) in [5.41, 5.74) is 0. The molecule has 0 nitrogen and oxygen atoms in total. The SMILES string of the molecule is C=CC(C)CC(C)CC(C)Cl. The Morgan fingerprint density at radius 1 is 1.27 bits per heavy atom. The molecular formula is C10H19Cl. The Hall–Kier alpha value is 0.0300. The van der Waals surface area contributed by atoms with Crippen LogP contribution >= 0.6 is 11.6 Å². The van der Waals surface area contributed by atoms with Crippen molar-refractivity contribution in [3.05, 3.63) is 12.7 Å². The smallest absolute Gasteiger partial charge is 0.0310 e. The lowest BCUT2D eigenvalue weighted by molar-refractivity contribution is 0.437. The second-order valence-electron chi connectivity index (χ2n) is 3.57. The van der Waals surface area contributed by atoms with Crippen molar-refractivity contribution in [2.24, 2.45) is 11.8 Å². The predicted octanol–water partition coefficient (Wildman–Crippen LogP) is 3.85. The summed E-state index contributed by atoms with van der Waals surface area (Å²) >= 11 is 5.87. The molecule has 0 aromatic rings. The second kappa shape index (κ2) is 5.65. The van der Waals surface area contributed by atoms with Gasteiger partial charge in [-0.3, -0.25) is 0 Å².